The molecule has 1 aromatic rings. The Bertz CT molecular complexity index is 624. The van der Waals surface area contributed by atoms with Crippen LogP contribution in [0.5, 0.6) is 0 Å². The highest BCUT2D eigenvalue weighted by molar-refractivity contribution is 6.27. The number of hydrogen-bond donors (Lipinski definition) is 0. The fourth-order valence-corrected chi connectivity index (χ4v) is 3.83. The second kappa shape index (κ2) is 5.59. The summed E-state index contributed by atoms with van der Waals surface area (Å²) in [6.45, 7) is 4.48. The molecule has 21 heavy (non-hydrogen) atoms. The van der Waals surface area contributed by atoms with Crippen molar-refractivity contribution in [2.75, 3.05) is 0 Å². The van der Waals surface area contributed by atoms with E-state index in [0.717, 1.165) is 30.4 Å². The Morgan fingerprint density at radius 2 is 1.71 bits per heavy atom. The van der Waals surface area contributed by atoms with Gasteiger partial charge in [0, 0.05) is 22.3 Å². The molecule has 0 amide bonds. The lowest BCUT2D eigenvalue weighted by Gasteiger charge is -2.32. The van der Waals surface area contributed by atoms with Gasteiger partial charge in [-0.25, -0.2) is 0 Å². The Morgan fingerprint density at radius 1 is 1.10 bits per heavy atom. The summed E-state index contributed by atoms with van der Waals surface area (Å²) in [7, 11) is 0. The molecule has 2 aliphatic rings. The van der Waals surface area contributed by atoms with Crippen LogP contribution < -0.4 is 0 Å². The van der Waals surface area contributed by atoms with Crippen molar-refractivity contribution in [3.63, 3.8) is 0 Å². The first-order chi connectivity index (χ1) is 10.1. The SMILES string of the molecule is CCCC(C)C1CCC2=C(C1)C(=O)c1ccccc1C2=O. The fraction of sp³-hybridized carbons (Fsp3) is 0.474. The minimum absolute atomic E-state index is 0.0850. The smallest absolute Gasteiger partial charge is 0.190 e. The molecule has 3 rings (SSSR count). The Kier molecular flexibility index (Phi) is 3.79. The Balaban J connectivity index is 1.93. The van der Waals surface area contributed by atoms with Gasteiger partial charge in [0.05, 0.1) is 0 Å². The van der Waals surface area contributed by atoms with Gasteiger partial charge in [0.1, 0.15) is 0 Å². The fourth-order valence-electron chi connectivity index (χ4n) is 3.83. The molecule has 0 heterocycles. The molecule has 0 N–H and O–H groups in total. The van der Waals surface area contributed by atoms with Crippen LogP contribution in [0.1, 0.15) is 66.7 Å². The quantitative estimate of drug-likeness (QED) is 0.812. The van der Waals surface area contributed by atoms with Gasteiger partial charge in [-0.1, -0.05) is 51.0 Å². The van der Waals surface area contributed by atoms with Crippen LogP contribution in [-0.4, -0.2) is 11.6 Å². The van der Waals surface area contributed by atoms with E-state index in [0.29, 0.717) is 23.0 Å². The molecule has 2 heteroatoms. The average Bonchev–Trinajstić information content (AvgIpc) is 2.52. The molecule has 2 aliphatic carbocycles. The van der Waals surface area contributed by atoms with Crippen LogP contribution in [0.2, 0.25) is 0 Å². The van der Waals surface area contributed by atoms with Crippen molar-refractivity contribution in [2.45, 2.75) is 46.0 Å². The normalized spacial score (nSPS) is 22.9. The number of benzene rings is 1. The predicted molar refractivity (Wildman–Crippen MR) is 83.5 cm³/mol. The Morgan fingerprint density at radius 3 is 2.33 bits per heavy atom. The van der Waals surface area contributed by atoms with E-state index in [2.05, 4.69) is 13.8 Å². The van der Waals surface area contributed by atoms with E-state index >= 15 is 0 Å². The van der Waals surface area contributed by atoms with E-state index in [4.69, 9.17) is 0 Å². The third-order valence-corrected chi connectivity index (χ3v) is 5.11. The van der Waals surface area contributed by atoms with Crippen LogP contribution in [0, 0.1) is 11.8 Å². The summed E-state index contributed by atoms with van der Waals surface area (Å²) in [5, 5.41) is 0. The molecule has 2 unspecified atom stereocenters. The summed E-state index contributed by atoms with van der Waals surface area (Å²) >= 11 is 0. The minimum Gasteiger partial charge on any atom is -0.289 e. The van der Waals surface area contributed by atoms with Gasteiger partial charge in [0.2, 0.25) is 0 Å². The lowest BCUT2D eigenvalue weighted by molar-refractivity contribution is 0.0954. The Hall–Kier alpha value is -1.70. The summed E-state index contributed by atoms with van der Waals surface area (Å²) in [5.74, 6) is 1.35. The maximum absolute atomic E-state index is 12.7. The zero-order valence-electron chi connectivity index (χ0n) is 12.8. The molecule has 1 aromatic carbocycles. The first kappa shape index (κ1) is 14.2. The second-order valence-corrected chi connectivity index (χ2v) is 6.43. The molecule has 2 nitrogen and oxygen atoms in total. The van der Waals surface area contributed by atoms with Gasteiger partial charge < -0.3 is 0 Å². The first-order valence-electron chi connectivity index (χ1n) is 8.04. The van der Waals surface area contributed by atoms with Crippen molar-refractivity contribution in [3.8, 4) is 0 Å². The van der Waals surface area contributed by atoms with Crippen LogP contribution in [0.3, 0.4) is 0 Å². The number of carbonyl (C=O) groups excluding carboxylic acids is 2. The third kappa shape index (κ3) is 2.37. The number of hydrogen-bond acceptors (Lipinski definition) is 2. The van der Waals surface area contributed by atoms with Gasteiger partial charge in [0.25, 0.3) is 0 Å². The summed E-state index contributed by atoms with van der Waals surface area (Å²) in [5.41, 5.74) is 2.79. The van der Waals surface area contributed by atoms with Crippen molar-refractivity contribution in [2.24, 2.45) is 11.8 Å². The lowest BCUT2D eigenvalue weighted by atomic mass is 9.70. The summed E-state index contributed by atoms with van der Waals surface area (Å²) in [6.07, 6.45) is 4.98. The maximum Gasteiger partial charge on any atom is 0.190 e. The molecular weight excluding hydrogens is 260 g/mol. The van der Waals surface area contributed by atoms with Crippen LogP contribution >= 0.6 is 0 Å². The number of fused-ring (bicyclic) bond motifs is 1. The van der Waals surface area contributed by atoms with Crippen molar-refractivity contribution in [1.29, 1.82) is 0 Å². The molecule has 0 saturated carbocycles. The maximum atomic E-state index is 12.7. The number of carbonyl (C=O) groups is 2. The van der Waals surface area contributed by atoms with E-state index in [9.17, 15) is 9.59 Å². The monoisotopic (exact) mass is 282 g/mol. The van der Waals surface area contributed by atoms with Gasteiger partial charge in [0.15, 0.2) is 11.6 Å². The molecule has 110 valence electrons. The van der Waals surface area contributed by atoms with Crippen molar-refractivity contribution < 1.29 is 9.59 Å². The summed E-state index contributed by atoms with van der Waals surface area (Å²) in [4.78, 5) is 25.3. The number of allylic oxidation sites excluding steroid dienone is 2. The highest BCUT2D eigenvalue weighted by Gasteiger charge is 2.36. The molecule has 0 aromatic heterocycles. The summed E-state index contributed by atoms with van der Waals surface area (Å²) < 4.78 is 0. The number of Topliss-reactive ketones (excluding diaryl/α,β-unsaturated/α-hetero) is 2. The lowest BCUT2D eigenvalue weighted by Crippen LogP contribution is -2.28. The topological polar surface area (TPSA) is 34.1 Å². The average molecular weight is 282 g/mol. The highest BCUT2D eigenvalue weighted by atomic mass is 16.1. The molecule has 2 atom stereocenters. The molecule has 0 radical (unpaired) electrons. The molecule has 0 spiro atoms. The van der Waals surface area contributed by atoms with Gasteiger partial charge >= 0.3 is 0 Å². The van der Waals surface area contributed by atoms with E-state index < -0.39 is 0 Å². The number of ketones is 2. The van der Waals surface area contributed by atoms with Gasteiger partial charge in [-0.3, -0.25) is 9.59 Å². The summed E-state index contributed by atoms with van der Waals surface area (Å²) in [6, 6.07) is 7.25. The molecule has 0 fully saturated rings. The van der Waals surface area contributed by atoms with Crippen molar-refractivity contribution in [3.05, 3.63) is 46.5 Å². The zero-order chi connectivity index (χ0) is 15.0. The molecular formula is C19H22O2. The van der Waals surface area contributed by atoms with Gasteiger partial charge in [-0.2, -0.15) is 0 Å². The van der Waals surface area contributed by atoms with Crippen LogP contribution in [0.25, 0.3) is 0 Å². The number of rotatable bonds is 3. The molecule has 0 saturated heterocycles. The van der Waals surface area contributed by atoms with Crippen LogP contribution in [0.15, 0.2) is 35.4 Å². The van der Waals surface area contributed by atoms with E-state index in [1.807, 2.05) is 12.1 Å². The minimum atomic E-state index is 0.0850. The highest BCUT2D eigenvalue weighted by Crippen LogP contribution is 2.40. The first-order valence-corrected chi connectivity index (χ1v) is 8.04. The van der Waals surface area contributed by atoms with E-state index in [1.165, 1.54) is 12.8 Å². The third-order valence-electron chi connectivity index (χ3n) is 5.11. The largest absolute Gasteiger partial charge is 0.289 e. The Labute approximate surface area is 126 Å². The van der Waals surface area contributed by atoms with Crippen LogP contribution in [0.4, 0.5) is 0 Å². The van der Waals surface area contributed by atoms with E-state index in [1.54, 1.807) is 12.1 Å². The van der Waals surface area contributed by atoms with Gasteiger partial charge in [-0.05, 0) is 31.1 Å². The molecule has 0 bridgehead atoms. The standard InChI is InChI=1S/C19H22O2/c1-3-6-12(2)13-9-10-16-17(11-13)19(21)15-8-5-4-7-14(15)18(16)20/h4-5,7-8,12-13H,3,6,9-11H2,1-2H3. The van der Waals surface area contributed by atoms with Crippen LogP contribution in [-0.2, 0) is 0 Å². The van der Waals surface area contributed by atoms with Crippen molar-refractivity contribution >= 4 is 11.6 Å². The van der Waals surface area contributed by atoms with Crippen molar-refractivity contribution in [1.82, 2.24) is 0 Å². The van der Waals surface area contributed by atoms with Gasteiger partial charge in [-0.15, -0.1) is 0 Å². The second-order valence-electron chi connectivity index (χ2n) is 6.43. The predicted octanol–water partition coefficient (Wildman–Crippen LogP) is 4.60. The molecule has 0 aliphatic heterocycles. The zero-order valence-corrected chi connectivity index (χ0v) is 12.8. The van der Waals surface area contributed by atoms with E-state index in [-0.39, 0.29) is 11.6 Å².